The second-order valence-corrected chi connectivity index (χ2v) is 2.37. The zero-order chi connectivity index (χ0) is 9.23. The highest BCUT2D eigenvalue weighted by Gasteiger charge is 1.91. The van der Waals surface area contributed by atoms with E-state index in [0.29, 0.717) is 6.42 Å². The first kappa shape index (κ1) is 11.0. The van der Waals surface area contributed by atoms with Gasteiger partial charge in [-0.25, -0.2) is 0 Å². The van der Waals surface area contributed by atoms with E-state index in [2.05, 4.69) is 23.8 Å². The summed E-state index contributed by atoms with van der Waals surface area (Å²) in [5.41, 5.74) is 0. The van der Waals surface area contributed by atoms with Crippen molar-refractivity contribution in [3.05, 3.63) is 24.3 Å². The van der Waals surface area contributed by atoms with Crippen molar-refractivity contribution in [2.75, 3.05) is 7.11 Å². The van der Waals surface area contributed by atoms with Gasteiger partial charge in [-0.05, 0) is 12.8 Å². The number of carbonyl (C=O) groups excluding carboxylic acids is 1. The second kappa shape index (κ2) is 8.05. The molecule has 0 heterocycles. The third-order valence-corrected chi connectivity index (χ3v) is 1.35. The van der Waals surface area contributed by atoms with Crippen molar-refractivity contribution in [3.8, 4) is 0 Å². The number of methoxy groups -OCH3 is 1. The van der Waals surface area contributed by atoms with Gasteiger partial charge >= 0.3 is 5.97 Å². The first-order valence-electron chi connectivity index (χ1n) is 4.18. The molecule has 68 valence electrons. The molecule has 0 aromatic rings. The fraction of sp³-hybridized carbons (Fsp3) is 0.500. The van der Waals surface area contributed by atoms with Crippen LogP contribution in [0.3, 0.4) is 0 Å². The number of hydrogen-bond donors (Lipinski definition) is 0. The van der Waals surface area contributed by atoms with Gasteiger partial charge in [0.25, 0.3) is 0 Å². The zero-order valence-corrected chi connectivity index (χ0v) is 7.75. The summed E-state index contributed by atoms with van der Waals surface area (Å²) in [6.45, 7) is 2.09. The monoisotopic (exact) mass is 168 g/mol. The maximum atomic E-state index is 10.6. The molecule has 0 aliphatic rings. The van der Waals surface area contributed by atoms with Gasteiger partial charge in [-0.3, -0.25) is 4.79 Å². The minimum Gasteiger partial charge on any atom is -0.469 e. The summed E-state index contributed by atoms with van der Waals surface area (Å²) in [7, 11) is 1.40. The van der Waals surface area contributed by atoms with E-state index in [1.807, 2.05) is 12.2 Å². The Hall–Kier alpha value is -1.05. The third kappa shape index (κ3) is 7.06. The predicted molar refractivity (Wildman–Crippen MR) is 49.8 cm³/mol. The predicted octanol–water partition coefficient (Wildman–Crippen LogP) is 2.46. The van der Waals surface area contributed by atoms with Crippen LogP contribution in [0.5, 0.6) is 0 Å². The second-order valence-electron chi connectivity index (χ2n) is 2.37. The van der Waals surface area contributed by atoms with E-state index < -0.39 is 0 Å². The lowest BCUT2D eigenvalue weighted by molar-refractivity contribution is -0.139. The van der Waals surface area contributed by atoms with Gasteiger partial charge in [-0.15, -0.1) is 0 Å². The van der Waals surface area contributed by atoms with E-state index >= 15 is 0 Å². The minimum absolute atomic E-state index is 0.189. The fourth-order valence-electron chi connectivity index (χ4n) is 0.701. The third-order valence-electron chi connectivity index (χ3n) is 1.35. The molecule has 12 heavy (non-hydrogen) atoms. The molecule has 2 nitrogen and oxygen atoms in total. The Labute approximate surface area is 73.9 Å². The summed E-state index contributed by atoms with van der Waals surface area (Å²) in [5, 5.41) is 0. The van der Waals surface area contributed by atoms with Crippen LogP contribution in [0.2, 0.25) is 0 Å². The van der Waals surface area contributed by atoms with Crippen LogP contribution in [-0.4, -0.2) is 13.1 Å². The van der Waals surface area contributed by atoms with E-state index in [1.54, 1.807) is 0 Å². The quantitative estimate of drug-likeness (QED) is 0.465. The average molecular weight is 168 g/mol. The van der Waals surface area contributed by atoms with Crippen LogP contribution < -0.4 is 0 Å². The molecule has 0 spiro atoms. The molecule has 0 aliphatic carbocycles. The number of carbonyl (C=O) groups is 1. The first-order chi connectivity index (χ1) is 5.81. The molecule has 0 bridgehead atoms. The minimum atomic E-state index is -0.189. The molecule has 0 atom stereocenters. The molecule has 0 unspecified atom stereocenters. The molecule has 0 radical (unpaired) electrons. The standard InChI is InChI=1S/C10H16O2/c1-3-4-5-6-7-8-9-10(11)12-2/h4-5,7-8H,3,6,9H2,1-2H3. The molecule has 0 aromatic carbocycles. The largest absolute Gasteiger partial charge is 0.469 e. The van der Waals surface area contributed by atoms with Gasteiger partial charge in [0.05, 0.1) is 13.5 Å². The van der Waals surface area contributed by atoms with Gasteiger partial charge in [-0.2, -0.15) is 0 Å². The Morgan fingerprint density at radius 3 is 2.50 bits per heavy atom. The number of rotatable bonds is 5. The van der Waals surface area contributed by atoms with E-state index in [9.17, 15) is 4.79 Å². The normalized spacial score (nSPS) is 11.2. The lowest BCUT2D eigenvalue weighted by Gasteiger charge is -1.90. The van der Waals surface area contributed by atoms with Crippen molar-refractivity contribution in [1.29, 1.82) is 0 Å². The van der Waals surface area contributed by atoms with Gasteiger partial charge < -0.3 is 4.74 Å². The Morgan fingerprint density at radius 1 is 1.25 bits per heavy atom. The van der Waals surface area contributed by atoms with Crippen LogP contribution in [0.15, 0.2) is 24.3 Å². The summed E-state index contributed by atoms with van der Waals surface area (Å²) < 4.78 is 4.47. The molecule has 0 N–H and O–H groups in total. The van der Waals surface area contributed by atoms with Crippen LogP contribution in [0.25, 0.3) is 0 Å². The van der Waals surface area contributed by atoms with E-state index in [1.165, 1.54) is 7.11 Å². The van der Waals surface area contributed by atoms with Gasteiger partial charge in [0, 0.05) is 0 Å². The lowest BCUT2D eigenvalue weighted by Crippen LogP contribution is -1.96. The first-order valence-corrected chi connectivity index (χ1v) is 4.18. The van der Waals surface area contributed by atoms with Crippen molar-refractivity contribution < 1.29 is 9.53 Å². The highest BCUT2D eigenvalue weighted by molar-refractivity contribution is 5.70. The zero-order valence-electron chi connectivity index (χ0n) is 7.75. The highest BCUT2D eigenvalue weighted by Crippen LogP contribution is 1.91. The SMILES string of the molecule is CCC=CCC=CCC(=O)OC. The van der Waals surface area contributed by atoms with Crippen molar-refractivity contribution in [2.45, 2.75) is 26.2 Å². The number of esters is 1. The van der Waals surface area contributed by atoms with Gasteiger partial charge in [-0.1, -0.05) is 31.2 Å². The molecule has 0 rings (SSSR count). The van der Waals surface area contributed by atoms with Gasteiger partial charge in [0.2, 0.25) is 0 Å². The summed E-state index contributed by atoms with van der Waals surface area (Å²) in [4.78, 5) is 10.6. The fourth-order valence-corrected chi connectivity index (χ4v) is 0.701. The molecule has 2 heteroatoms. The smallest absolute Gasteiger partial charge is 0.309 e. The molecule has 0 aliphatic heterocycles. The Bertz CT molecular complexity index is 169. The van der Waals surface area contributed by atoms with Gasteiger partial charge in [0.15, 0.2) is 0 Å². The van der Waals surface area contributed by atoms with Crippen LogP contribution in [0.1, 0.15) is 26.2 Å². The van der Waals surface area contributed by atoms with Crippen LogP contribution in [0, 0.1) is 0 Å². The Morgan fingerprint density at radius 2 is 1.92 bits per heavy atom. The van der Waals surface area contributed by atoms with Crippen LogP contribution in [-0.2, 0) is 9.53 Å². The molecule has 0 saturated heterocycles. The maximum Gasteiger partial charge on any atom is 0.309 e. The van der Waals surface area contributed by atoms with E-state index in [4.69, 9.17) is 0 Å². The summed E-state index contributed by atoms with van der Waals surface area (Å²) >= 11 is 0. The summed E-state index contributed by atoms with van der Waals surface area (Å²) in [6, 6.07) is 0. The molecular formula is C10H16O2. The van der Waals surface area contributed by atoms with Crippen molar-refractivity contribution in [2.24, 2.45) is 0 Å². The van der Waals surface area contributed by atoms with Crippen molar-refractivity contribution >= 4 is 5.97 Å². The molecule has 0 aromatic heterocycles. The van der Waals surface area contributed by atoms with Gasteiger partial charge in [0.1, 0.15) is 0 Å². The van der Waals surface area contributed by atoms with Crippen molar-refractivity contribution in [1.82, 2.24) is 0 Å². The Balaban J connectivity index is 3.37. The molecule has 0 fully saturated rings. The van der Waals surface area contributed by atoms with Crippen LogP contribution in [0.4, 0.5) is 0 Å². The highest BCUT2D eigenvalue weighted by atomic mass is 16.5. The topological polar surface area (TPSA) is 26.3 Å². The maximum absolute atomic E-state index is 10.6. The number of ether oxygens (including phenoxy) is 1. The summed E-state index contributed by atoms with van der Waals surface area (Å²) in [5.74, 6) is -0.189. The number of hydrogen-bond acceptors (Lipinski definition) is 2. The van der Waals surface area contributed by atoms with E-state index in [0.717, 1.165) is 12.8 Å². The van der Waals surface area contributed by atoms with Crippen LogP contribution >= 0.6 is 0 Å². The lowest BCUT2D eigenvalue weighted by atomic mass is 10.3. The molecule has 0 saturated carbocycles. The molecular weight excluding hydrogens is 152 g/mol. The summed E-state index contributed by atoms with van der Waals surface area (Å²) in [6.07, 6.45) is 10.3. The van der Waals surface area contributed by atoms with Crippen molar-refractivity contribution in [3.63, 3.8) is 0 Å². The van der Waals surface area contributed by atoms with E-state index in [-0.39, 0.29) is 5.97 Å². The number of allylic oxidation sites excluding steroid dienone is 3. The Kier molecular flexibility index (Phi) is 7.35. The molecule has 0 amide bonds. The average Bonchev–Trinajstić information content (AvgIpc) is 2.10.